The number of nitrogens with two attached hydrogens (primary N) is 1. The van der Waals surface area contributed by atoms with Crippen molar-refractivity contribution in [1.82, 2.24) is 0 Å². The predicted molar refractivity (Wildman–Crippen MR) is 138 cm³/mol. The second-order valence-electron chi connectivity index (χ2n) is 10.7. The third-order valence-electron chi connectivity index (χ3n) is 7.13. The highest BCUT2D eigenvalue weighted by Crippen LogP contribution is 2.41. The first-order valence-corrected chi connectivity index (χ1v) is 13.0. The number of carbonyl (C=O) groups excluding carboxylic acids is 1. The van der Waals surface area contributed by atoms with Gasteiger partial charge in [-0.3, -0.25) is 4.79 Å². The van der Waals surface area contributed by atoms with Crippen molar-refractivity contribution in [3.8, 4) is 11.1 Å². The Balaban J connectivity index is 1.59. The van der Waals surface area contributed by atoms with E-state index in [1.54, 1.807) is 12.1 Å². The van der Waals surface area contributed by atoms with E-state index in [-0.39, 0.29) is 23.7 Å². The molecule has 2 unspecified atom stereocenters. The maximum absolute atomic E-state index is 14.2. The van der Waals surface area contributed by atoms with Crippen molar-refractivity contribution in [3.63, 3.8) is 0 Å². The summed E-state index contributed by atoms with van der Waals surface area (Å²) in [5.74, 6) is 0.0865. The van der Waals surface area contributed by atoms with Gasteiger partial charge in [0.05, 0.1) is 12.5 Å². The van der Waals surface area contributed by atoms with Crippen LogP contribution in [0.4, 0.5) is 4.39 Å². The number of hydrogen-bond donors (Lipinski definition) is 1. The first-order chi connectivity index (χ1) is 16.2. The minimum absolute atomic E-state index is 0.125. The molecule has 0 amide bonds. The van der Waals surface area contributed by atoms with Gasteiger partial charge in [-0.1, -0.05) is 62.6 Å². The first kappa shape index (κ1) is 26.7. The Morgan fingerprint density at radius 2 is 1.97 bits per heavy atom. The van der Waals surface area contributed by atoms with E-state index >= 15 is 0 Å². The zero-order valence-corrected chi connectivity index (χ0v) is 21.5. The molecule has 0 heterocycles. The molecule has 3 rings (SSSR count). The van der Waals surface area contributed by atoms with Gasteiger partial charge in [0.2, 0.25) is 0 Å². The van der Waals surface area contributed by atoms with E-state index < -0.39 is 0 Å². The molecule has 2 aromatic rings. The van der Waals surface area contributed by atoms with Gasteiger partial charge >= 0.3 is 5.97 Å². The molecule has 5 heteroatoms. The number of ether oxygens (including phenoxy) is 1. The van der Waals surface area contributed by atoms with Crippen molar-refractivity contribution in [2.75, 3.05) is 6.61 Å². The molecule has 0 spiro atoms. The number of esters is 1. The number of rotatable bonds is 10. The topological polar surface area (TPSA) is 52.3 Å². The summed E-state index contributed by atoms with van der Waals surface area (Å²) in [6.07, 6.45) is 8.21. The molecule has 1 fully saturated rings. The van der Waals surface area contributed by atoms with Crippen molar-refractivity contribution in [2.24, 2.45) is 23.0 Å². The van der Waals surface area contributed by atoms with Crippen LogP contribution in [0.1, 0.15) is 71.3 Å². The van der Waals surface area contributed by atoms with Crippen molar-refractivity contribution in [3.05, 3.63) is 58.9 Å². The van der Waals surface area contributed by atoms with Crippen molar-refractivity contribution < 1.29 is 13.9 Å². The second-order valence-corrected chi connectivity index (χ2v) is 11.1. The maximum Gasteiger partial charge on any atom is 0.308 e. The number of benzene rings is 2. The Labute approximate surface area is 209 Å². The third kappa shape index (κ3) is 7.81. The first-order valence-electron chi connectivity index (χ1n) is 12.6. The lowest BCUT2D eigenvalue weighted by Gasteiger charge is -2.35. The second kappa shape index (κ2) is 12.2. The highest BCUT2D eigenvalue weighted by Gasteiger charge is 2.30. The monoisotopic (exact) mass is 487 g/mol. The normalized spacial score (nSPS) is 19.4. The zero-order valence-electron chi connectivity index (χ0n) is 20.8. The maximum atomic E-state index is 14.2. The molecule has 0 aliphatic heterocycles. The Hall–Kier alpha value is -1.91. The predicted octanol–water partition coefficient (Wildman–Crippen LogP) is 7.58. The van der Waals surface area contributed by atoms with Gasteiger partial charge in [0, 0.05) is 16.6 Å². The number of halogens is 2. The summed E-state index contributed by atoms with van der Waals surface area (Å²) in [6, 6.07) is 12.1. The summed E-state index contributed by atoms with van der Waals surface area (Å²) in [6.45, 7) is 6.94. The molecule has 2 N–H and O–H groups in total. The minimum Gasteiger partial charge on any atom is -0.466 e. The average molecular weight is 488 g/mol. The molecule has 1 aliphatic rings. The van der Waals surface area contributed by atoms with E-state index in [2.05, 4.69) is 13.8 Å². The van der Waals surface area contributed by atoms with Gasteiger partial charge in [-0.15, -0.1) is 0 Å². The van der Waals surface area contributed by atoms with E-state index in [4.69, 9.17) is 22.1 Å². The molecule has 3 nitrogen and oxygen atoms in total. The zero-order chi connectivity index (χ0) is 24.7. The lowest BCUT2D eigenvalue weighted by molar-refractivity contribution is -0.148. The van der Waals surface area contributed by atoms with Gasteiger partial charge in [0.1, 0.15) is 5.82 Å². The summed E-state index contributed by atoms with van der Waals surface area (Å²) in [4.78, 5) is 12.7. The van der Waals surface area contributed by atoms with Crippen LogP contribution in [0.5, 0.6) is 0 Å². The summed E-state index contributed by atoms with van der Waals surface area (Å²) in [5.41, 5.74) is 9.23. The molecule has 0 bridgehead atoms. The van der Waals surface area contributed by atoms with Crippen molar-refractivity contribution >= 4 is 17.6 Å². The molecule has 34 heavy (non-hydrogen) atoms. The van der Waals surface area contributed by atoms with Crippen LogP contribution in [0.25, 0.3) is 11.1 Å². The van der Waals surface area contributed by atoms with Crippen LogP contribution in [-0.4, -0.2) is 18.6 Å². The van der Waals surface area contributed by atoms with E-state index in [0.717, 1.165) is 24.0 Å². The summed E-state index contributed by atoms with van der Waals surface area (Å²) >= 11 is 6.03. The molecule has 186 valence electrons. The molecule has 2 aromatic carbocycles. The Morgan fingerprint density at radius 1 is 1.24 bits per heavy atom. The van der Waals surface area contributed by atoms with Crippen molar-refractivity contribution in [2.45, 2.75) is 78.2 Å². The SMILES string of the molecule is CCOC(=O)C(CCC1CCCC(C)(C)C1)C[C@H](N)Cc1ccc(-c2cc(Cl)ccc2F)cc1. The van der Waals surface area contributed by atoms with Gasteiger partial charge in [0.15, 0.2) is 0 Å². The Morgan fingerprint density at radius 3 is 2.65 bits per heavy atom. The van der Waals surface area contributed by atoms with Crippen LogP contribution in [0.3, 0.4) is 0 Å². The third-order valence-corrected chi connectivity index (χ3v) is 7.36. The molecule has 1 aliphatic carbocycles. The smallest absolute Gasteiger partial charge is 0.308 e. The van der Waals surface area contributed by atoms with Gasteiger partial charge < -0.3 is 10.5 Å². The fourth-order valence-electron chi connectivity index (χ4n) is 5.42. The summed E-state index contributed by atoms with van der Waals surface area (Å²) < 4.78 is 19.6. The molecular weight excluding hydrogens is 449 g/mol. The van der Waals surface area contributed by atoms with Crippen LogP contribution >= 0.6 is 11.6 Å². The number of carbonyl (C=O) groups is 1. The average Bonchev–Trinajstić information content (AvgIpc) is 2.78. The fourth-order valence-corrected chi connectivity index (χ4v) is 5.59. The van der Waals surface area contributed by atoms with Crippen LogP contribution in [0.2, 0.25) is 5.02 Å². The standard InChI is InChI=1S/C29H39ClFNO2/c1-4-34-28(33)23(12-9-21-6-5-15-29(2,3)19-21)17-25(32)16-20-7-10-22(11-8-20)26-18-24(30)13-14-27(26)31/h7-8,10-11,13-14,18,21,23,25H,4-6,9,12,15-17,19,32H2,1-3H3/t21?,23?,25-/m1/s1. The van der Waals surface area contributed by atoms with Crippen LogP contribution in [0, 0.1) is 23.1 Å². The van der Waals surface area contributed by atoms with Crippen molar-refractivity contribution in [1.29, 1.82) is 0 Å². The molecule has 0 radical (unpaired) electrons. The van der Waals surface area contributed by atoms with E-state index in [1.807, 2.05) is 31.2 Å². The molecule has 0 aromatic heterocycles. The largest absolute Gasteiger partial charge is 0.466 e. The molecular formula is C29H39ClFNO2. The summed E-state index contributed by atoms with van der Waals surface area (Å²) in [7, 11) is 0. The van der Waals surface area contributed by atoms with Crippen LogP contribution in [0.15, 0.2) is 42.5 Å². The van der Waals surface area contributed by atoms with Gasteiger partial charge in [-0.05, 0) is 86.1 Å². The Bertz CT molecular complexity index is 944. The summed E-state index contributed by atoms with van der Waals surface area (Å²) in [5, 5.41) is 0.504. The molecule has 3 atom stereocenters. The van der Waals surface area contributed by atoms with Gasteiger partial charge in [-0.2, -0.15) is 0 Å². The Kier molecular flexibility index (Phi) is 9.56. The fraction of sp³-hybridized carbons (Fsp3) is 0.552. The highest BCUT2D eigenvalue weighted by molar-refractivity contribution is 6.30. The molecule has 0 saturated heterocycles. The van der Waals surface area contributed by atoms with E-state index in [1.165, 1.54) is 31.7 Å². The van der Waals surface area contributed by atoms with Crippen LogP contribution in [-0.2, 0) is 16.0 Å². The minimum atomic E-state index is -0.299. The lowest BCUT2D eigenvalue weighted by atomic mass is 9.70. The molecule has 1 saturated carbocycles. The number of hydrogen-bond acceptors (Lipinski definition) is 3. The van der Waals surface area contributed by atoms with Gasteiger partial charge in [-0.25, -0.2) is 4.39 Å². The van der Waals surface area contributed by atoms with E-state index in [0.29, 0.717) is 41.4 Å². The lowest BCUT2D eigenvalue weighted by Crippen LogP contribution is -2.31. The van der Waals surface area contributed by atoms with E-state index in [9.17, 15) is 9.18 Å². The van der Waals surface area contributed by atoms with Crippen LogP contribution < -0.4 is 5.73 Å². The van der Waals surface area contributed by atoms with Gasteiger partial charge in [0.25, 0.3) is 0 Å². The quantitative estimate of drug-likeness (QED) is 0.351. The highest BCUT2D eigenvalue weighted by atomic mass is 35.5.